The van der Waals surface area contributed by atoms with E-state index in [0.717, 1.165) is 56.2 Å². The molecule has 34 heavy (non-hydrogen) atoms. The fraction of sp³-hybridized carbons (Fsp3) is 0.444. The van der Waals surface area contributed by atoms with Crippen LogP contribution in [0.1, 0.15) is 47.2 Å². The second kappa shape index (κ2) is 11.3. The van der Waals surface area contributed by atoms with Gasteiger partial charge in [0.05, 0.1) is 6.61 Å². The van der Waals surface area contributed by atoms with E-state index in [1.54, 1.807) is 12.1 Å². The number of aryl methyl sites for hydroxylation is 1. The molecule has 2 aromatic carbocycles. The number of carbonyl (C=O) groups is 1. The lowest BCUT2D eigenvalue weighted by molar-refractivity contribution is 0.0691. The van der Waals surface area contributed by atoms with Gasteiger partial charge in [-0.1, -0.05) is 23.2 Å². The highest BCUT2D eigenvalue weighted by molar-refractivity contribution is 6.31. The number of aromatic nitrogens is 1. The van der Waals surface area contributed by atoms with Crippen molar-refractivity contribution in [1.82, 2.24) is 9.47 Å². The lowest BCUT2D eigenvalue weighted by Crippen LogP contribution is -2.35. The minimum atomic E-state index is -0.958. The van der Waals surface area contributed by atoms with Crippen LogP contribution in [0.5, 0.6) is 5.75 Å². The van der Waals surface area contributed by atoms with E-state index < -0.39 is 5.97 Å². The molecule has 1 saturated heterocycles. The SMILES string of the molecule is CCOCCn1cc(C2CCN(CCOc3ccc(C)cc3C(=O)O)CC2)c2cc(Cl)ccc21. The first-order valence-corrected chi connectivity index (χ1v) is 12.4. The zero-order chi connectivity index (χ0) is 24.1. The van der Waals surface area contributed by atoms with Crippen LogP contribution in [0, 0.1) is 6.92 Å². The maximum atomic E-state index is 11.5. The number of rotatable bonds is 10. The molecule has 0 aliphatic carbocycles. The maximum Gasteiger partial charge on any atom is 0.339 e. The number of fused-ring (bicyclic) bond motifs is 1. The van der Waals surface area contributed by atoms with Crippen LogP contribution in [-0.4, -0.2) is 60.0 Å². The number of hydrogen-bond donors (Lipinski definition) is 1. The molecule has 1 aliphatic rings. The Bertz CT molecular complexity index is 1140. The highest BCUT2D eigenvalue weighted by Crippen LogP contribution is 2.35. The van der Waals surface area contributed by atoms with E-state index in [-0.39, 0.29) is 5.56 Å². The van der Waals surface area contributed by atoms with Gasteiger partial charge in [0.25, 0.3) is 0 Å². The van der Waals surface area contributed by atoms with Crippen LogP contribution >= 0.6 is 11.6 Å². The Morgan fingerprint density at radius 1 is 1.12 bits per heavy atom. The number of carboxylic acids is 1. The average molecular weight is 485 g/mol. The number of hydrogen-bond acceptors (Lipinski definition) is 4. The molecule has 1 aromatic heterocycles. The molecule has 6 nitrogen and oxygen atoms in total. The number of ether oxygens (including phenoxy) is 2. The summed E-state index contributed by atoms with van der Waals surface area (Å²) in [7, 11) is 0. The van der Waals surface area contributed by atoms with Gasteiger partial charge in [-0.25, -0.2) is 4.79 Å². The zero-order valence-corrected chi connectivity index (χ0v) is 20.7. The van der Waals surface area contributed by atoms with E-state index >= 15 is 0 Å². The molecule has 0 spiro atoms. The Hall–Kier alpha value is -2.54. The molecule has 0 bridgehead atoms. The second-order valence-corrected chi connectivity index (χ2v) is 9.34. The second-order valence-electron chi connectivity index (χ2n) is 8.91. The van der Waals surface area contributed by atoms with Crippen LogP contribution in [0.15, 0.2) is 42.6 Å². The summed E-state index contributed by atoms with van der Waals surface area (Å²) in [5.74, 6) is -0.0352. The zero-order valence-electron chi connectivity index (χ0n) is 19.9. The average Bonchev–Trinajstić information content (AvgIpc) is 3.18. The monoisotopic (exact) mass is 484 g/mol. The van der Waals surface area contributed by atoms with Crippen molar-refractivity contribution >= 4 is 28.5 Å². The number of nitrogens with zero attached hydrogens (tertiary/aromatic N) is 2. The third-order valence-corrected chi connectivity index (χ3v) is 6.85. The van der Waals surface area contributed by atoms with Crippen LogP contribution in [-0.2, 0) is 11.3 Å². The van der Waals surface area contributed by atoms with E-state index in [0.29, 0.717) is 24.9 Å². The highest BCUT2D eigenvalue weighted by atomic mass is 35.5. The van der Waals surface area contributed by atoms with E-state index in [2.05, 4.69) is 27.8 Å². The Morgan fingerprint density at radius 3 is 2.65 bits per heavy atom. The quantitative estimate of drug-likeness (QED) is 0.380. The first kappa shape index (κ1) is 24.6. The van der Waals surface area contributed by atoms with Gasteiger partial charge >= 0.3 is 5.97 Å². The van der Waals surface area contributed by atoms with E-state index in [4.69, 9.17) is 21.1 Å². The van der Waals surface area contributed by atoms with Crippen LogP contribution < -0.4 is 4.74 Å². The third-order valence-electron chi connectivity index (χ3n) is 6.61. The van der Waals surface area contributed by atoms with Gasteiger partial charge in [-0.2, -0.15) is 0 Å². The van der Waals surface area contributed by atoms with Crippen molar-refractivity contribution < 1.29 is 19.4 Å². The lowest BCUT2D eigenvalue weighted by atomic mass is 9.89. The summed E-state index contributed by atoms with van der Waals surface area (Å²) in [5, 5.41) is 11.4. The van der Waals surface area contributed by atoms with Crippen molar-refractivity contribution in [3.05, 3.63) is 64.3 Å². The smallest absolute Gasteiger partial charge is 0.339 e. The van der Waals surface area contributed by atoms with Gasteiger partial charge in [0.15, 0.2) is 0 Å². The summed E-state index contributed by atoms with van der Waals surface area (Å²) < 4.78 is 13.7. The molecule has 0 unspecified atom stereocenters. The van der Waals surface area contributed by atoms with Gasteiger partial charge in [0.1, 0.15) is 17.9 Å². The highest BCUT2D eigenvalue weighted by Gasteiger charge is 2.24. The van der Waals surface area contributed by atoms with Crippen molar-refractivity contribution in [2.45, 2.75) is 39.2 Å². The fourth-order valence-corrected chi connectivity index (χ4v) is 4.98. The minimum absolute atomic E-state index is 0.220. The maximum absolute atomic E-state index is 11.5. The Morgan fingerprint density at radius 2 is 1.91 bits per heavy atom. The number of benzene rings is 2. The molecule has 0 radical (unpaired) electrons. The van der Waals surface area contributed by atoms with Gasteiger partial charge in [-0.3, -0.25) is 4.90 Å². The number of piperidine rings is 1. The third kappa shape index (κ3) is 5.74. The number of likely N-dealkylation sites (tertiary alicyclic amines) is 1. The van der Waals surface area contributed by atoms with Gasteiger partial charge in [-0.05, 0) is 81.6 Å². The van der Waals surface area contributed by atoms with Crippen LogP contribution in [0.3, 0.4) is 0 Å². The van der Waals surface area contributed by atoms with Gasteiger partial charge in [-0.15, -0.1) is 0 Å². The predicted octanol–water partition coefficient (Wildman–Crippen LogP) is 5.60. The van der Waals surface area contributed by atoms with E-state index in [1.165, 1.54) is 16.5 Å². The molecule has 0 atom stereocenters. The van der Waals surface area contributed by atoms with Crippen LogP contribution in [0.25, 0.3) is 10.9 Å². The molecular weight excluding hydrogens is 452 g/mol. The molecule has 2 heterocycles. The van der Waals surface area contributed by atoms with Crippen LogP contribution in [0.2, 0.25) is 5.02 Å². The molecule has 182 valence electrons. The summed E-state index contributed by atoms with van der Waals surface area (Å²) in [6.45, 7) is 9.38. The molecule has 1 fully saturated rings. The largest absolute Gasteiger partial charge is 0.491 e. The molecule has 1 aliphatic heterocycles. The summed E-state index contributed by atoms with van der Waals surface area (Å²) in [6.07, 6.45) is 4.43. The number of carboxylic acid groups (broad SMARTS) is 1. The van der Waals surface area contributed by atoms with E-state index in [1.807, 2.05) is 26.0 Å². The predicted molar refractivity (Wildman–Crippen MR) is 135 cm³/mol. The van der Waals surface area contributed by atoms with Crippen molar-refractivity contribution in [2.24, 2.45) is 0 Å². The summed E-state index contributed by atoms with van der Waals surface area (Å²) in [6, 6.07) is 11.4. The Balaban J connectivity index is 1.36. The van der Waals surface area contributed by atoms with E-state index in [9.17, 15) is 9.90 Å². The van der Waals surface area contributed by atoms with Crippen molar-refractivity contribution in [3.8, 4) is 5.75 Å². The van der Waals surface area contributed by atoms with Crippen molar-refractivity contribution in [2.75, 3.05) is 39.5 Å². The normalized spacial score (nSPS) is 15.1. The van der Waals surface area contributed by atoms with Gasteiger partial charge < -0.3 is 19.1 Å². The summed E-state index contributed by atoms with van der Waals surface area (Å²) in [4.78, 5) is 13.9. The molecule has 0 amide bonds. The summed E-state index contributed by atoms with van der Waals surface area (Å²) in [5.41, 5.74) is 3.71. The lowest BCUT2D eigenvalue weighted by Gasteiger charge is -2.31. The first-order chi connectivity index (χ1) is 16.5. The summed E-state index contributed by atoms with van der Waals surface area (Å²) >= 11 is 6.34. The number of aromatic carboxylic acids is 1. The van der Waals surface area contributed by atoms with Gasteiger partial charge in [0.2, 0.25) is 0 Å². The number of halogens is 1. The molecule has 0 saturated carbocycles. The fourth-order valence-electron chi connectivity index (χ4n) is 4.80. The van der Waals surface area contributed by atoms with Crippen molar-refractivity contribution in [3.63, 3.8) is 0 Å². The molecule has 1 N–H and O–H groups in total. The molecule has 7 heteroatoms. The standard InChI is InChI=1S/C27H33ClN2O4/c1-3-33-14-13-30-18-24(22-17-21(28)5-6-25(22)30)20-8-10-29(11-9-20)12-15-34-26-7-4-19(2)16-23(26)27(31)32/h4-7,16-18,20H,3,8-15H2,1-2H3,(H,31,32). The van der Waals surface area contributed by atoms with Crippen molar-refractivity contribution in [1.29, 1.82) is 0 Å². The molecular formula is C27H33ClN2O4. The van der Waals surface area contributed by atoms with Gasteiger partial charge in [0, 0.05) is 41.8 Å². The first-order valence-electron chi connectivity index (χ1n) is 12.0. The molecule has 3 aromatic rings. The van der Waals surface area contributed by atoms with Crippen LogP contribution in [0.4, 0.5) is 0 Å². The Kier molecular flexibility index (Phi) is 8.14. The Labute approximate surface area is 206 Å². The molecule has 4 rings (SSSR count). The topological polar surface area (TPSA) is 63.9 Å². The minimum Gasteiger partial charge on any atom is -0.491 e.